The molecule has 30 heavy (non-hydrogen) atoms. The second kappa shape index (κ2) is 9.30. The predicted octanol–water partition coefficient (Wildman–Crippen LogP) is 2.81. The summed E-state index contributed by atoms with van der Waals surface area (Å²) >= 11 is 0. The summed E-state index contributed by atoms with van der Waals surface area (Å²) in [6.07, 6.45) is 3.11. The summed E-state index contributed by atoms with van der Waals surface area (Å²) in [7, 11) is 0. The number of hydrogen-bond donors (Lipinski definition) is 1. The zero-order chi connectivity index (χ0) is 20.9. The quantitative estimate of drug-likeness (QED) is 0.763. The second-order valence-electron chi connectivity index (χ2n) is 8.15. The van der Waals surface area contributed by atoms with Crippen molar-refractivity contribution < 1.29 is 19.4 Å². The van der Waals surface area contributed by atoms with Gasteiger partial charge in [0.25, 0.3) is 0 Å². The Morgan fingerprint density at radius 1 is 0.967 bits per heavy atom. The topological polar surface area (TPSA) is 70.1 Å². The van der Waals surface area contributed by atoms with Gasteiger partial charge in [0.05, 0.1) is 6.54 Å². The lowest BCUT2D eigenvalue weighted by Crippen LogP contribution is -2.45. The molecule has 0 saturated carbocycles. The Kier molecular flexibility index (Phi) is 6.33. The van der Waals surface area contributed by atoms with Crippen LogP contribution in [0.2, 0.25) is 0 Å². The average Bonchev–Trinajstić information content (AvgIpc) is 3.40. The number of benzene rings is 2. The summed E-state index contributed by atoms with van der Waals surface area (Å²) in [6.45, 7) is 2.27. The van der Waals surface area contributed by atoms with Crippen molar-refractivity contribution in [3.63, 3.8) is 0 Å². The van der Waals surface area contributed by atoms with E-state index in [4.69, 9.17) is 4.74 Å². The average molecular weight is 408 g/mol. The summed E-state index contributed by atoms with van der Waals surface area (Å²) < 4.78 is 6.12. The fraction of sp³-hybridized carbons (Fsp3) is 0.417. The van der Waals surface area contributed by atoms with Crippen LogP contribution in [0, 0.1) is 0 Å². The molecule has 0 radical (unpaired) electrons. The number of carbonyl (C=O) groups excluding carboxylic acids is 1. The Morgan fingerprint density at radius 2 is 1.70 bits per heavy atom. The number of nitrogens with zero attached hydrogens (tertiary/aromatic N) is 2. The van der Waals surface area contributed by atoms with Crippen LogP contribution in [0.25, 0.3) is 0 Å². The molecule has 4 rings (SSSR count). The molecule has 6 nitrogen and oxygen atoms in total. The van der Waals surface area contributed by atoms with E-state index < -0.39 is 12.0 Å². The van der Waals surface area contributed by atoms with Gasteiger partial charge in [0.2, 0.25) is 5.91 Å². The van der Waals surface area contributed by atoms with Gasteiger partial charge in [-0.05, 0) is 48.9 Å². The first-order valence-corrected chi connectivity index (χ1v) is 10.6. The van der Waals surface area contributed by atoms with Crippen LogP contribution in [0.4, 0.5) is 0 Å². The number of carboxylic acids is 1. The molecule has 2 fully saturated rings. The highest BCUT2D eigenvalue weighted by molar-refractivity contribution is 5.85. The molecule has 2 saturated heterocycles. The van der Waals surface area contributed by atoms with Crippen LogP contribution in [0.15, 0.2) is 54.6 Å². The molecule has 2 aliphatic rings. The Morgan fingerprint density at radius 3 is 2.43 bits per heavy atom. The van der Waals surface area contributed by atoms with Gasteiger partial charge in [-0.15, -0.1) is 0 Å². The molecule has 0 unspecified atom stereocenters. The standard InChI is InChI=1S/C24H28N2O4/c27-23(26-13-4-7-22(26)24(28)29)17-25-14-12-21(16-25)30-20-10-8-19(9-11-20)15-18-5-2-1-3-6-18/h1-3,5-6,8-11,21-22H,4,7,12-17H2,(H,28,29)/t21-,22-/m0/s1. The van der Waals surface area contributed by atoms with Crippen molar-refractivity contribution in [2.75, 3.05) is 26.2 Å². The molecule has 158 valence electrons. The summed E-state index contributed by atoms with van der Waals surface area (Å²) in [5.41, 5.74) is 2.52. The van der Waals surface area contributed by atoms with Gasteiger partial charge in [0, 0.05) is 19.6 Å². The van der Waals surface area contributed by atoms with Crippen LogP contribution in [0.5, 0.6) is 5.75 Å². The lowest BCUT2D eigenvalue weighted by molar-refractivity contribution is -0.148. The first-order valence-electron chi connectivity index (χ1n) is 10.6. The van der Waals surface area contributed by atoms with Crippen LogP contribution in [0.3, 0.4) is 0 Å². The van der Waals surface area contributed by atoms with Gasteiger partial charge in [-0.3, -0.25) is 9.69 Å². The summed E-state index contributed by atoms with van der Waals surface area (Å²) in [6, 6.07) is 17.9. The van der Waals surface area contributed by atoms with E-state index in [0.29, 0.717) is 19.5 Å². The zero-order valence-corrected chi connectivity index (χ0v) is 17.1. The zero-order valence-electron chi connectivity index (χ0n) is 17.1. The fourth-order valence-corrected chi connectivity index (χ4v) is 4.35. The highest BCUT2D eigenvalue weighted by Gasteiger charge is 2.35. The van der Waals surface area contributed by atoms with E-state index in [1.807, 2.05) is 18.2 Å². The number of amides is 1. The van der Waals surface area contributed by atoms with E-state index in [0.717, 1.165) is 31.6 Å². The SMILES string of the molecule is O=C(O)[C@@H]1CCCN1C(=O)CN1CC[C@H](Oc2ccc(Cc3ccccc3)cc2)C1. The molecular formula is C24H28N2O4. The molecule has 6 heteroatoms. The largest absolute Gasteiger partial charge is 0.489 e. The third kappa shape index (κ3) is 5.00. The van der Waals surface area contributed by atoms with Crippen molar-refractivity contribution in [3.05, 3.63) is 65.7 Å². The van der Waals surface area contributed by atoms with Crippen LogP contribution >= 0.6 is 0 Å². The van der Waals surface area contributed by atoms with E-state index in [1.165, 1.54) is 16.0 Å². The van der Waals surface area contributed by atoms with Gasteiger partial charge in [-0.25, -0.2) is 4.79 Å². The van der Waals surface area contributed by atoms with Crippen LogP contribution in [-0.2, 0) is 16.0 Å². The van der Waals surface area contributed by atoms with Crippen molar-refractivity contribution in [3.8, 4) is 5.75 Å². The third-order valence-electron chi connectivity index (χ3n) is 5.92. The molecule has 0 bridgehead atoms. The monoisotopic (exact) mass is 408 g/mol. The molecule has 2 heterocycles. The van der Waals surface area contributed by atoms with E-state index in [9.17, 15) is 14.7 Å². The van der Waals surface area contributed by atoms with Crippen LogP contribution in [-0.4, -0.2) is 65.1 Å². The van der Waals surface area contributed by atoms with Crippen molar-refractivity contribution in [1.82, 2.24) is 9.80 Å². The molecular weight excluding hydrogens is 380 g/mol. The maximum Gasteiger partial charge on any atom is 0.326 e. The first-order chi connectivity index (χ1) is 14.6. The van der Waals surface area contributed by atoms with Crippen LogP contribution < -0.4 is 4.74 Å². The van der Waals surface area contributed by atoms with Gasteiger partial charge < -0.3 is 14.7 Å². The molecule has 0 aromatic heterocycles. The van der Waals surface area contributed by atoms with Crippen molar-refractivity contribution in [1.29, 1.82) is 0 Å². The minimum atomic E-state index is -0.904. The van der Waals surface area contributed by atoms with Crippen molar-refractivity contribution in [2.45, 2.75) is 37.8 Å². The highest BCUT2D eigenvalue weighted by Crippen LogP contribution is 2.22. The first kappa shape index (κ1) is 20.4. The normalized spacial score (nSPS) is 21.7. The van der Waals surface area contributed by atoms with Gasteiger partial charge >= 0.3 is 5.97 Å². The molecule has 0 aliphatic carbocycles. The number of ether oxygens (including phenoxy) is 1. The van der Waals surface area contributed by atoms with E-state index >= 15 is 0 Å². The minimum absolute atomic E-state index is 0.0478. The second-order valence-corrected chi connectivity index (χ2v) is 8.15. The number of likely N-dealkylation sites (tertiary alicyclic amines) is 2. The maximum absolute atomic E-state index is 12.5. The molecule has 2 atom stereocenters. The number of carboxylic acid groups (broad SMARTS) is 1. The number of hydrogen-bond acceptors (Lipinski definition) is 4. The number of aliphatic carboxylic acids is 1. The van der Waals surface area contributed by atoms with Crippen molar-refractivity contribution >= 4 is 11.9 Å². The van der Waals surface area contributed by atoms with E-state index in [2.05, 4.69) is 41.3 Å². The minimum Gasteiger partial charge on any atom is -0.489 e. The van der Waals surface area contributed by atoms with Gasteiger partial charge in [-0.1, -0.05) is 42.5 Å². The third-order valence-corrected chi connectivity index (χ3v) is 5.92. The Balaban J connectivity index is 1.26. The number of rotatable bonds is 7. The summed E-state index contributed by atoms with van der Waals surface area (Å²) in [5.74, 6) is -0.152. The highest BCUT2D eigenvalue weighted by atomic mass is 16.5. The smallest absolute Gasteiger partial charge is 0.326 e. The molecule has 1 N–H and O–H groups in total. The molecule has 0 spiro atoms. The fourth-order valence-electron chi connectivity index (χ4n) is 4.35. The molecule has 2 aromatic carbocycles. The van der Waals surface area contributed by atoms with Crippen molar-refractivity contribution in [2.24, 2.45) is 0 Å². The molecule has 2 aromatic rings. The predicted molar refractivity (Wildman–Crippen MR) is 114 cm³/mol. The number of carbonyl (C=O) groups is 2. The Labute approximate surface area is 177 Å². The Hall–Kier alpha value is -2.86. The summed E-state index contributed by atoms with van der Waals surface area (Å²) in [5, 5.41) is 9.27. The van der Waals surface area contributed by atoms with Gasteiger partial charge in [-0.2, -0.15) is 0 Å². The van der Waals surface area contributed by atoms with E-state index in [-0.39, 0.29) is 18.6 Å². The van der Waals surface area contributed by atoms with E-state index in [1.54, 1.807) is 0 Å². The molecule has 2 aliphatic heterocycles. The maximum atomic E-state index is 12.5. The lowest BCUT2D eigenvalue weighted by atomic mass is 10.1. The lowest BCUT2D eigenvalue weighted by Gasteiger charge is -2.24. The summed E-state index contributed by atoms with van der Waals surface area (Å²) in [4.78, 5) is 27.4. The van der Waals surface area contributed by atoms with Crippen LogP contribution in [0.1, 0.15) is 30.4 Å². The Bertz CT molecular complexity index is 869. The van der Waals surface area contributed by atoms with Gasteiger partial charge in [0.15, 0.2) is 0 Å². The molecule has 1 amide bonds. The van der Waals surface area contributed by atoms with Gasteiger partial charge in [0.1, 0.15) is 17.9 Å².